The highest BCUT2D eigenvalue weighted by Crippen LogP contribution is 2.33. The summed E-state index contributed by atoms with van der Waals surface area (Å²) in [6.45, 7) is 4.97. The van der Waals surface area contributed by atoms with Gasteiger partial charge in [0.2, 0.25) is 0 Å². The van der Waals surface area contributed by atoms with Crippen molar-refractivity contribution in [3.05, 3.63) is 83.5 Å². The van der Waals surface area contributed by atoms with Gasteiger partial charge in [-0.2, -0.15) is 0 Å². The zero-order valence-electron chi connectivity index (χ0n) is 13.8. The molecule has 128 valence electrons. The third kappa shape index (κ3) is 4.03. The molecular weight excluding hydrogens is 350 g/mol. The third-order valence-corrected chi connectivity index (χ3v) is 4.78. The molecule has 0 radical (unpaired) electrons. The summed E-state index contributed by atoms with van der Waals surface area (Å²) < 4.78 is 0. The number of fused-ring (bicyclic) bond motifs is 1. The predicted octanol–water partition coefficient (Wildman–Crippen LogP) is 4.60. The Morgan fingerprint density at radius 2 is 1.88 bits per heavy atom. The molecule has 25 heavy (non-hydrogen) atoms. The molecule has 3 rings (SSSR count). The standard InChI is InChI=1S/C20H20ClN3S/c1-2-11-22-20(25)24-13-16(14-7-3-5-9-18(14)21)17-12-23-19-10-6-4-8-15(17)19/h2-10,12,16,23H,1,11,13H2,(H2,22,24,25)/t16-/m1/s1. The van der Waals surface area contributed by atoms with Crippen molar-refractivity contribution in [1.29, 1.82) is 0 Å². The first-order valence-corrected chi connectivity index (χ1v) is 8.92. The Bertz CT molecular complexity index is 887. The maximum Gasteiger partial charge on any atom is 0.166 e. The first-order chi connectivity index (χ1) is 12.2. The Kier molecular flexibility index (Phi) is 5.74. The molecule has 2 aromatic carbocycles. The Balaban J connectivity index is 1.93. The Labute approximate surface area is 158 Å². The number of H-pyrrole nitrogens is 1. The highest BCUT2D eigenvalue weighted by atomic mass is 35.5. The Morgan fingerprint density at radius 1 is 1.12 bits per heavy atom. The smallest absolute Gasteiger partial charge is 0.166 e. The van der Waals surface area contributed by atoms with Crippen molar-refractivity contribution >= 4 is 39.8 Å². The van der Waals surface area contributed by atoms with E-state index in [9.17, 15) is 0 Å². The number of aromatic nitrogens is 1. The second kappa shape index (κ2) is 8.19. The van der Waals surface area contributed by atoms with Gasteiger partial charge in [0.25, 0.3) is 0 Å². The van der Waals surface area contributed by atoms with Crippen LogP contribution in [0.4, 0.5) is 0 Å². The topological polar surface area (TPSA) is 39.8 Å². The monoisotopic (exact) mass is 369 g/mol. The number of nitrogens with one attached hydrogen (secondary N) is 3. The maximum atomic E-state index is 6.49. The largest absolute Gasteiger partial charge is 0.362 e. The number of thiocarbonyl (C=S) groups is 1. The van der Waals surface area contributed by atoms with Gasteiger partial charge >= 0.3 is 0 Å². The van der Waals surface area contributed by atoms with Crippen LogP contribution in [0, 0.1) is 0 Å². The van der Waals surface area contributed by atoms with Crippen LogP contribution in [0.3, 0.4) is 0 Å². The molecular formula is C20H20ClN3S. The van der Waals surface area contributed by atoms with E-state index >= 15 is 0 Å². The number of aromatic amines is 1. The van der Waals surface area contributed by atoms with Crippen molar-refractivity contribution in [2.45, 2.75) is 5.92 Å². The minimum absolute atomic E-state index is 0.0772. The molecule has 0 saturated heterocycles. The van der Waals surface area contributed by atoms with E-state index in [2.05, 4.69) is 46.6 Å². The fourth-order valence-electron chi connectivity index (χ4n) is 2.95. The summed E-state index contributed by atoms with van der Waals surface area (Å²) in [6.07, 6.45) is 3.83. The normalized spacial score (nSPS) is 11.9. The fraction of sp³-hybridized carbons (Fsp3) is 0.150. The van der Waals surface area contributed by atoms with Crippen molar-refractivity contribution in [1.82, 2.24) is 15.6 Å². The molecule has 3 nitrogen and oxygen atoms in total. The SMILES string of the molecule is C=CCNC(=S)NC[C@H](c1ccccc1Cl)c1c[nH]c2ccccc12. The Hall–Kier alpha value is -2.30. The lowest BCUT2D eigenvalue weighted by atomic mass is 9.91. The second-order valence-electron chi connectivity index (χ2n) is 5.74. The van der Waals surface area contributed by atoms with Crippen LogP contribution >= 0.6 is 23.8 Å². The minimum atomic E-state index is 0.0772. The summed E-state index contributed by atoms with van der Waals surface area (Å²) in [5.74, 6) is 0.0772. The maximum absolute atomic E-state index is 6.49. The molecule has 0 unspecified atom stereocenters. The highest BCUT2D eigenvalue weighted by Gasteiger charge is 2.20. The van der Waals surface area contributed by atoms with E-state index in [1.807, 2.05) is 30.3 Å². The van der Waals surface area contributed by atoms with Gasteiger partial charge in [-0.25, -0.2) is 0 Å². The van der Waals surface area contributed by atoms with Crippen molar-refractivity contribution < 1.29 is 0 Å². The van der Waals surface area contributed by atoms with Crippen LogP contribution in [0.1, 0.15) is 17.0 Å². The zero-order chi connectivity index (χ0) is 17.6. The highest BCUT2D eigenvalue weighted by molar-refractivity contribution is 7.80. The first kappa shape index (κ1) is 17.5. The molecule has 5 heteroatoms. The van der Waals surface area contributed by atoms with Gasteiger partial charge in [0, 0.05) is 41.1 Å². The summed E-state index contributed by atoms with van der Waals surface area (Å²) in [5, 5.41) is 8.95. The van der Waals surface area contributed by atoms with Crippen LogP contribution in [0.2, 0.25) is 5.02 Å². The van der Waals surface area contributed by atoms with E-state index in [1.54, 1.807) is 6.08 Å². The molecule has 1 atom stereocenters. The first-order valence-electron chi connectivity index (χ1n) is 8.13. The number of hydrogen-bond acceptors (Lipinski definition) is 1. The minimum Gasteiger partial charge on any atom is -0.362 e. The third-order valence-electron chi connectivity index (χ3n) is 4.15. The summed E-state index contributed by atoms with van der Waals surface area (Å²) in [4.78, 5) is 3.35. The number of hydrogen-bond donors (Lipinski definition) is 3. The van der Waals surface area contributed by atoms with Gasteiger partial charge in [0.1, 0.15) is 0 Å². The summed E-state index contributed by atoms with van der Waals surface area (Å²) in [7, 11) is 0. The van der Waals surface area contributed by atoms with E-state index < -0.39 is 0 Å². The number of halogens is 1. The molecule has 0 spiro atoms. The lowest BCUT2D eigenvalue weighted by Gasteiger charge is -2.20. The Morgan fingerprint density at radius 3 is 2.68 bits per heavy atom. The molecule has 3 aromatic rings. The lowest BCUT2D eigenvalue weighted by Crippen LogP contribution is -2.37. The van der Waals surface area contributed by atoms with Crippen LogP contribution in [0.5, 0.6) is 0 Å². The molecule has 0 bridgehead atoms. The number of para-hydroxylation sites is 1. The van der Waals surface area contributed by atoms with Crippen LogP contribution in [-0.2, 0) is 0 Å². The van der Waals surface area contributed by atoms with E-state index in [4.69, 9.17) is 23.8 Å². The lowest BCUT2D eigenvalue weighted by molar-refractivity contribution is 0.751. The number of benzene rings is 2. The number of rotatable bonds is 6. The summed E-state index contributed by atoms with van der Waals surface area (Å²) >= 11 is 11.8. The van der Waals surface area contributed by atoms with Crippen molar-refractivity contribution in [2.24, 2.45) is 0 Å². The molecule has 0 aliphatic carbocycles. The van der Waals surface area contributed by atoms with Crippen LogP contribution in [0.25, 0.3) is 10.9 Å². The van der Waals surface area contributed by atoms with Crippen LogP contribution in [-0.4, -0.2) is 23.2 Å². The van der Waals surface area contributed by atoms with Gasteiger partial charge in [-0.15, -0.1) is 6.58 Å². The summed E-state index contributed by atoms with van der Waals surface area (Å²) in [6, 6.07) is 16.2. The molecule has 0 fully saturated rings. The average molecular weight is 370 g/mol. The molecule has 0 aliphatic rings. The van der Waals surface area contributed by atoms with Gasteiger partial charge in [-0.1, -0.05) is 54.1 Å². The van der Waals surface area contributed by atoms with Gasteiger partial charge in [-0.3, -0.25) is 0 Å². The second-order valence-corrected chi connectivity index (χ2v) is 6.56. The predicted molar refractivity (Wildman–Crippen MR) is 110 cm³/mol. The molecule has 3 N–H and O–H groups in total. The van der Waals surface area contributed by atoms with E-state index in [0.717, 1.165) is 16.1 Å². The fourth-order valence-corrected chi connectivity index (χ4v) is 3.38. The van der Waals surface area contributed by atoms with E-state index in [0.29, 0.717) is 18.2 Å². The van der Waals surface area contributed by atoms with Crippen molar-refractivity contribution in [3.63, 3.8) is 0 Å². The van der Waals surface area contributed by atoms with Gasteiger partial charge in [0.15, 0.2) is 5.11 Å². The van der Waals surface area contributed by atoms with Crippen LogP contribution < -0.4 is 10.6 Å². The van der Waals surface area contributed by atoms with Crippen molar-refractivity contribution in [3.8, 4) is 0 Å². The zero-order valence-corrected chi connectivity index (χ0v) is 15.3. The van der Waals surface area contributed by atoms with Gasteiger partial charge < -0.3 is 15.6 Å². The van der Waals surface area contributed by atoms with Crippen molar-refractivity contribution in [2.75, 3.05) is 13.1 Å². The molecule has 1 heterocycles. The van der Waals surface area contributed by atoms with E-state index in [-0.39, 0.29) is 5.92 Å². The molecule has 0 aliphatic heterocycles. The molecule has 1 aromatic heterocycles. The van der Waals surface area contributed by atoms with Gasteiger partial charge in [0.05, 0.1) is 0 Å². The van der Waals surface area contributed by atoms with Gasteiger partial charge in [-0.05, 0) is 35.5 Å². The van der Waals surface area contributed by atoms with E-state index in [1.165, 1.54) is 10.9 Å². The quantitative estimate of drug-likeness (QED) is 0.439. The molecule has 0 saturated carbocycles. The summed E-state index contributed by atoms with van der Waals surface area (Å²) in [5.41, 5.74) is 3.39. The van der Waals surface area contributed by atoms with Crippen LogP contribution in [0.15, 0.2) is 67.4 Å². The average Bonchev–Trinajstić information content (AvgIpc) is 3.05. The molecule has 0 amide bonds.